The van der Waals surface area contributed by atoms with E-state index in [1.54, 1.807) is 24.3 Å². The predicted octanol–water partition coefficient (Wildman–Crippen LogP) is 3.23. The maximum atomic E-state index is 13.1. The third-order valence-corrected chi connectivity index (χ3v) is 5.43. The van der Waals surface area contributed by atoms with Gasteiger partial charge in [0, 0.05) is 31.2 Å². The second kappa shape index (κ2) is 9.97. The van der Waals surface area contributed by atoms with Gasteiger partial charge in [-0.3, -0.25) is 4.79 Å². The van der Waals surface area contributed by atoms with Gasteiger partial charge in [-0.1, -0.05) is 16.8 Å². The lowest BCUT2D eigenvalue weighted by Crippen LogP contribution is -2.29. The van der Waals surface area contributed by atoms with Crippen LogP contribution in [0.4, 0.5) is 24.7 Å². The lowest BCUT2D eigenvalue weighted by molar-refractivity contribution is -0.138. The van der Waals surface area contributed by atoms with E-state index in [-0.39, 0.29) is 25.0 Å². The number of hydrogen-bond acceptors (Lipinski definition) is 9. The Morgan fingerprint density at radius 1 is 1.38 bits per heavy atom. The third kappa shape index (κ3) is 5.65. The average Bonchev–Trinajstić information content (AvgIpc) is 3.43. The van der Waals surface area contributed by atoms with Gasteiger partial charge in [-0.2, -0.15) is 23.3 Å². The predicted molar refractivity (Wildman–Crippen MR) is 116 cm³/mol. The van der Waals surface area contributed by atoms with Gasteiger partial charge in [-0.25, -0.2) is 10.1 Å². The first kappa shape index (κ1) is 24.0. The molecular weight excluding hydrogens is 479 g/mol. The molecule has 0 radical (unpaired) electrons. The molecule has 0 saturated carbocycles. The summed E-state index contributed by atoms with van der Waals surface area (Å²) in [6.45, 7) is 3.11. The SMILES string of the molecule is CC(COCc1nc(C2CCN(c3ccc(Cl)cn3)C2)no1)Nc1cn[nH]c(=O)c1C(F)(F)F. The fourth-order valence-corrected chi connectivity index (χ4v) is 3.76. The lowest BCUT2D eigenvalue weighted by Gasteiger charge is -2.17. The van der Waals surface area contributed by atoms with Crippen molar-refractivity contribution < 1.29 is 22.4 Å². The number of hydrogen-bond donors (Lipinski definition) is 2. The van der Waals surface area contributed by atoms with E-state index in [1.807, 2.05) is 6.07 Å². The molecule has 2 unspecified atom stereocenters. The minimum atomic E-state index is -4.82. The number of ether oxygens (including phenoxy) is 1. The molecule has 2 atom stereocenters. The highest BCUT2D eigenvalue weighted by Crippen LogP contribution is 2.32. The molecule has 0 amide bonds. The summed E-state index contributed by atoms with van der Waals surface area (Å²) in [5.41, 5.74) is -3.08. The van der Waals surface area contributed by atoms with Crippen molar-refractivity contribution >= 4 is 23.1 Å². The van der Waals surface area contributed by atoms with Crippen molar-refractivity contribution in [1.82, 2.24) is 25.3 Å². The fourth-order valence-electron chi connectivity index (χ4n) is 3.65. The first-order valence-electron chi connectivity index (χ1n) is 10.4. The first-order valence-corrected chi connectivity index (χ1v) is 10.8. The Bertz CT molecular complexity index is 1170. The minimum Gasteiger partial charge on any atom is -0.378 e. The quantitative estimate of drug-likeness (QED) is 0.481. The molecule has 14 heteroatoms. The zero-order valence-corrected chi connectivity index (χ0v) is 18.7. The van der Waals surface area contributed by atoms with Crippen LogP contribution < -0.4 is 15.8 Å². The first-order chi connectivity index (χ1) is 16.2. The number of rotatable bonds is 8. The molecule has 1 aliphatic heterocycles. The summed E-state index contributed by atoms with van der Waals surface area (Å²) >= 11 is 5.89. The molecule has 0 bridgehead atoms. The standard InChI is InChI=1S/C20H21ClF3N7O3/c1-11(27-14-7-26-29-19(32)17(14)20(22,23)24)9-33-10-16-28-18(30-34-16)12-4-5-31(8-12)15-3-2-13(21)6-25-15/h2-3,6-7,11-12H,4-5,8-10H2,1H3,(H2,27,29,32). The summed E-state index contributed by atoms with van der Waals surface area (Å²) in [5.74, 6) is 1.72. The normalized spacial score (nSPS) is 17.2. The molecule has 3 aromatic rings. The molecule has 0 aromatic carbocycles. The Morgan fingerprint density at radius 2 is 2.21 bits per heavy atom. The summed E-state index contributed by atoms with van der Waals surface area (Å²) in [4.78, 5) is 22.4. The Balaban J connectivity index is 1.28. The summed E-state index contributed by atoms with van der Waals surface area (Å²) in [6.07, 6.45) is -1.48. The molecule has 1 saturated heterocycles. The molecule has 0 spiro atoms. The molecule has 4 rings (SSSR count). The molecule has 182 valence electrons. The van der Waals surface area contributed by atoms with Crippen molar-refractivity contribution in [3.05, 3.63) is 57.2 Å². The van der Waals surface area contributed by atoms with Gasteiger partial charge in [-0.15, -0.1) is 0 Å². The molecule has 3 aromatic heterocycles. The Hall–Kier alpha value is -3.19. The van der Waals surface area contributed by atoms with E-state index in [0.29, 0.717) is 17.4 Å². The number of aromatic nitrogens is 5. The number of pyridine rings is 1. The molecule has 4 heterocycles. The minimum absolute atomic E-state index is 0.00601. The van der Waals surface area contributed by atoms with Gasteiger partial charge in [0.05, 0.1) is 23.5 Å². The summed E-state index contributed by atoms with van der Waals surface area (Å²) in [6, 6.07) is 3.09. The van der Waals surface area contributed by atoms with Crippen LogP contribution in [-0.4, -0.2) is 51.1 Å². The number of anilines is 2. The Labute approximate surface area is 196 Å². The van der Waals surface area contributed by atoms with Gasteiger partial charge in [0.2, 0.25) is 0 Å². The summed E-state index contributed by atoms with van der Waals surface area (Å²) in [7, 11) is 0. The van der Waals surface area contributed by atoms with E-state index < -0.39 is 29.0 Å². The number of nitrogens with one attached hydrogen (secondary N) is 2. The van der Waals surface area contributed by atoms with Crippen LogP contribution in [0.3, 0.4) is 0 Å². The Kier molecular flexibility index (Phi) is 7.03. The van der Waals surface area contributed by atoms with Gasteiger partial charge in [0.1, 0.15) is 18.0 Å². The lowest BCUT2D eigenvalue weighted by atomic mass is 10.1. The van der Waals surface area contributed by atoms with Crippen LogP contribution in [0.15, 0.2) is 33.8 Å². The van der Waals surface area contributed by atoms with Crippen molar-refractivity contribution in [1.29, 1.82) is 0 Å². The number of H-pyrrole nitrogens is 1. The topological polar surface area (TPSA) is 122 Å². The van der Waals surface area contributed by atoms with E-state index in [4.69, 9.17) is 20.9 Å². The van der Waals surface area contributed by atoms with E-state index in [9.17, 15) is 18.0 Å². The monoisotopic (exact) mass is 499 g/mol. The van der Waals surface area contributed by atoms with Crippen LogP contribution in [0.1, 0.15) is 36.5 Å². The highest BCUT2D eigenvalue weighted by molar-refractivity contribution is 6.30. The van der Waals surface area contributed by atoms with E-state index in [0.717, 1.165) is 25.0 Å². The van der Waals surface area contributed by atoms with E-state index >= 15 is 0 Å². The summed E-state index contributed by atoms with van der Waals surface area (Å²) < 4.78 is 50.2. The van der Waals surface area contributed by atoms with Crippen LogP contribution in [0, 0.1) is 0 Å². The molecule has 10 nitrogen and oxygen atoms in total. The highest BCUT2D eigenvalue weighted by Gasteiger charge is 2.37. The highest BCUT2D eigenvalue weighted by atomic mass is 35.5. The van der Waals surface area contributed by atoms with Crippen LogP contribution in [0.2, 0.25) is 5.02 Å². The van der Waals surface area contributed by atoms with Gasteiger partial charge in [-0.05, 0) is 25.5 Å². The van der Waals surface area contributed by atoms with Crippen LogP contribution >= 0.6 is 11.6 Å². The van der Waals surface area contributed by atoms with Crippen LogP contribution in [0.25, 0.3) is 0 Å². The number of aromatic amines is 1. The molecular formula is C20H21ClF3N7O3. The fraction of sp³-hybridized carbons (Fsp3) is 0.450. The van der Waals surface area contributed by atoms with E-state index in [2.05, 4.69) is 30.4 Å². The van der Waals surface area contributed by atoms with E-state index in [1.165, 1.54) is 0 Å². The largest absolute Gasteiger partial charge is 0.423 e. The third-order valence-electron chi connectivity index (χ3n) is 5.21. The summed E-state index contributed by atoms with van der Waals surface area (Å²) in [5, 5.41) is 12.4. The van der Waals surface area contributed by atoms with Crippen molar-refractivity contribution in [2.45, 2.75) is 38.1 Å². The van der Waals surface area contributed by atoms with Gasteiger partial charge >= 0.3 is 6.18 Å². The van der Waals surface area contributed by atoms with Gasteiger partial charge in [0.25, 0.3) is 11.4 Å². The Morgan fingerprint density at radius 3 is 2.94 bits per heavy atom. The van der Waals surface area contributed by atoms with Crippen LogP contribution in [-0.2, 0) is 17.5 Å². The molecule has 1 aliphatic rings. The zero-order chi connectivity index (χ0) is 24.3. The zero-order valence-electron chi connectivity index (χ0n) is 18.0. The second-order valence-corrected chi connectivity index (χ2v) is 8.30. The number of alkyl halides is 3. The second-order valence-electron chi connectivity index (χ2n) is 7.86. The van der Waals surface area contributed by atoms with Crippen LogP contribution in [0.5, 0.6) is 0 Å². The smallest absolute Gasteiger partial charge is 0.378 e. The number of nitrogens with zero attached hydrogens (tertiary/aromatic N) is 5. The molecule has 1 fully saturated rings. The average molecular weight is 500 g/mol. The van der Waals surface area contributed by atoms with Crippen molar-refractivity contribution in [2.24, 2.45) is 0 Å². The maximum absolute atomic E-state index is 13.1. The molecule has 0 aliphatic carbocycles. The van der Waals surface area contributed by atoms with Crippen molar-refractivity contribution in [3.63, 3.8) is 0 Å². The molecule has 34 heavy (non-hydrogen) atoms. The van der Waals surface area contributed by atoms with Crippen molar-refractivity contribution in [3.8, 4) is 0 Å². The van der Waals surface area contributed by atoms with Gasteiger partial charge < -0.3 is 19.5 Å². The maximum Gasteiger partial charge on any atom is 0.423 e. The molecule has 2 N–H and O–H groups in total. The van der Waals surface area contributed by atoms with Gasteiger partial charge in [0.15, 0.2) is 5.82 Å². The van der Waals surface area contributed by atoms with Crippen molar-refractivity contribution in [2.75, 3.05) is 29.9 Å². The number of halogens is 4.